The quantitative estimate of drug-likeness (QED) is 0.734. The molecule has 0 unspecified atom stereocenters. The highest BCUT2D eigenvalue weighted by Gasteiger charge is 2.15. The standard InChI is InChI=1S/C12H9BrO/c13-11-7-5-10(6-8-11)12(14)9-3-1-2-4-9/h1-9H. The van der Waals surface area contributed by atoms with Crippen molar-refractivity contribution in [1.82, 2.24) is 0 Å². The Morgan fingerprint density at radius 1 is 1.07 bits per heavy atom. The van der Waals surface area contributed by atoms with Crippen LogP contribution in [0, 0.1) is 5.92 Å². The first kappa shape index (κ1) is 9.41. The molecule has 0 heterocycles. The molecule has 0 atom stereocenters. The van der Waals surface area contributed by atoms with Gasteiger partial charge < -0.3 is 0 Å². The van der Waals surface area contributed by atoms with Crippen LogP contribution in [0.2, 0.25) is 0 Å². The lowest BCUT2D eigenvalue weighted by Crippen LogP contribution is -2.08. The number of halogens is 1. The number of hydrogen-bond acceptors (Lipinski definition) is 1. The summed E-state index contributed by atoms with van der Waals surface area (Å²) in [6.07, 6.45) is 7.62. The summed E-state index contributed by atoms with van der Waals surface area (Å²) in [5.74, 6) is 0.0821. The molecular weight excluding hydrogens is 240 g/mol. The van der Waals surface area contributed by atoms with E-state index in [2.05, 4.69) is 15.9 Å². The average Bonchev–Trinajstić information content (AvgIpc) is 2.71. The second kappa shape index (κ2) is 3.93. The molecule has 1 aliphatic rings. The molecule has 0 N–H and O–H groups in total. The second-order valence-corrected chi connectivity index (χ2v) is 4.08. The van der Waals surface area contributed by atoms with E-state index >= 15 is 0 Å². The fourth-order valence-electron chi connectivity index (χ4n) is 1.41. The Hall–Kier alpha value is -1.15. The van der Waals surface area contributed by atoms with Crippen LogP contribution in [-0.4, -0.2) is 5.78 Å². The van der Waals surface area contributed by atoms with Gasteiger partial charge in [0.2, 0.25) is 0 Å². The van der Waals surface area contributed by atoms with Crippen molar-refractivity contribution in [2.24, 2.45) is 5.92 Å². The monoisotopic (exact) mass is 248 g/mol. The predicted octanol–water partition coefficient (Wildman–Crippen LogP) is 3.37. The van der Waals surface area contributed by atoms with Gasteiger partial charge in [-0.05, 0) is 12.1 Å². The largest absolute Gasteiger partial charge is 0.293 e. The van der Waals surface area contributed by atoms with Gasteiger partial charge in [0.25, 0.3) is 0 Å². The van der Waals surface area contributed by atoms with E-state index < -0.39 is 0 Å². The van der Waals surface area contributed by atoms with Crippen molar-refractivity contribution in [3.8, 4) is 0 Å². The smallest absolute Gasteiger partial charge is 0.173 e. The van der Waals surface area contributed by atoms with Crippen molar-refractivity contribution in [3.05, 3.63) is 58.6 Å². The molecule has 0 spiro atoms. The first-order chi connectivity index (χ1) is 6.77. The van der Waals surface area contributed by atoms with E-state index in [0.717, 1.165) is 10.0 Å². The van der Waals surface area contributed by atoms with Crippen molar-refractivity contribution >= 4 is 21.7 Å². The average molecular weight is 249 g/mol. The van der Waals surface area contributed by atoms with Gasteiger partial charge in [-0.25, -0.2) is 0 Å². The Bertz CT molecular complexity index is 389. The number of ketones is 1. The number of hydrogen-bond donors (Lipinski definition) is 0. The third-order valence-electron chi connectivity index (χ3n) is 2.18. The van der Waals surface area contributed by atoms with Gasteiger partial charge in [-0.2, -0.15) is 0 Å². The van der Waals surface area contributed by atoms with E-state index in [1.54, 1.807) is 0 Å². The summed E-state index contributed by atoms with van der Waals surface area (Å²) >= 11 is 3.34. The fraction of sp³-hybridized carbons (Fsp3) is 0.0833. The Balaban J connectivity index is 2.23. The summed E-state index contributed by atoms with van der Waals surface area (Å²) in [4.78, 5) is 11.8. The van der Waals surface area contributed by atoms with Crippen molar-refractivity contribution in [2.45, 2.75) is 0 Å². The first-order valence-electron chi connectivity index (χ1n) is 4.42. The Morgan fingerprint density at radius 3 is 2.21 bits per heavy atom. The highest BCUT2D eigenvalue weighted by Crippen LogP contribution is 2.18. The molecule has 0 radical (unpaired) electrons. The van der Waals surface area contributed by atoms with Crippen LogP contribution in [0.1, 0.15) is 10.4 Å². The summed E-state index contributed by atoms with van der Waals surface area (Å²) in [5.41, 5.74) is 0.759. The Morgan fingerprint density at radius 2 is 1.64 bits per heavy atom. The molecule has 1 nitrogen and oxygen atoms in total. The van der Waals surface area contributed by atoms with Crippen molar-refractivity contribution in [3.63, 3.8) is 0 Å². The number of carbonyl (C=O) groups is 1. The van der Waals surface area contributed by atoms with Crippen LogP contribution < -0.4 is 0 Å². The maximum atomic E-state index is 11.8. The molecule has 2 heteroatoms. The lowest BCUT2D eigenvalue weighted by molar-refractivity contribution is 0.0966. The summed E-state index contributed by atoms with van der Waals surface area (Å²) in [7, 11) is 0. The van der Waals surface area contributed by atoms with Crippen LogP contribution in [0.25, 0.3) is 0 Å². The predicted molar refractivity (Wildman–Crippen MR) is 60.2 cm³/mol. The number of Topliss-reactive ketones (excluding diaryl/α,β-unsaturated/α-hetero) is 1. The third-order valence-corrected chi connectivity index (χ3v) is 2.71. The normalized spacial score (nSPS) is 14.9. The zero-order chi connectivity index (χ0) is 9.97. The molecule has 70 valence electrons. The lowest BCUT2D eigenvalue weighted by atomic mass is 9.99. The van der Waals surface area contributed by atoms with E-state index in [1.165, 1.54) is 0 Å². The van der Waals surface area contributed by atoms with Crippen LogP contribution in [0.15, 0.2) is 53.0 Å². The third kappa shape index (κ3) is 1.85. The topological polar surface area (TPSA) is 17.1 Å². The number of benzene rings is 1. The molecule has 0 saturated carbocycles. The molecule has 0 fully saturated rings. The van der Waals surface area contributed by atoms with Gasteiger partial charge in [-0.3, -0.25) is 4.79 Å². The zero-order valence-electron chi connectivity index (χ0n) is 7.48. The van der Waals surface area contributed by atoms with Gasteiger partial charge in [0.1, 0.15) is 0 Å². The first-order valence-corrected chi connectivity index (χ1v) is 5.21. The molecule has 1 aromatic rings. The van der Waals surface area contributed by atoms with E-state index in [4.69, 9.17) is 0 Å². The van der Waals surface area contributed by atoms with Crippen LogP contribution in [0.5, 0.6) is 0 Å². The minimum Gasteiger partial charge on any atom is -0.293 e. The minimum absolute atomic E-state index is 0.0730. The number of carbonyl (C=O) groups excluding carboxylic acids is 1. The van der Waals surface area contributed by atoms with Crippen molar-refractivity contribution in [1.29, 1.82) is 0 Å². The van der Waals surface area contributed by atoms with Gasteiger partial charge in [-0.15, -0.1) is 0 Å². The lowest BCUT2D eigenvalue weighted by Gasteiger charge is -2.04. The van der Waals surface area contributed by atoms with Crippen LogP contribution in [0.3, 0.4) is 0 Å². The van der Waals surface area contributed by atoms with E-state index in [9.17, 15) is 4.79 Å². The van der Waals surface area contributed by atoms with Crippen LogP contribution in [0.4, 0.5) is 0 Å². The summed E-state index contributed by atoms with van der Waals surface area (Å²) in [6, 6.07) is 7.45. The fourth-order valence-corrected chi connectivity index (χ4v) is 1.68. The number of allylic oxidation sites excluding steroid dienone is 4. The molecule has 14 heavy (non-hydrogen) atoms. The van der Waals surface area contributed by atoms with E-state index in [1.807, 2.05) is 48.6 Å². The minimum atomic E-state index is -0.0730. The van der Waals surface area contributed by atoms with Crippen LogP contribution in [-0.2, 0) is 0 Å². The van der Waals surface area contributed by atoms with Gasteiger partial charge in [0, 0.05) is 10.0 Å². The summed E-state index contributed by atoms with van der Waals surface area (Å²) < 4.78 is 0.992. The molecule has 0 amide bonds. The molecule has 0 aromatic heterocycles. The van der Waals surface area contributed by atoms with E-state index in [-0.39, 0.29) is 11.7 Å². The molecule has 1 aromatic carbocycles. The molecule has 0 saturated heterocycles. The maximum Gasteiger partial charge on any atom is 0.173 e. The molecule has 0 bridgehead atoms. The summed E-state index contributed by atoms with van der Waals surface area (Å²) in [6.45, 7) is 0. The molecule has 1 aliphatic carbocycles. The Labute approximate surface area is 91.3 Å². The maximum absolute atomic E-state index is 11.8. The molecular formula is C12H9BrO. The zero-order valence-corrected chi connectivity index (χ0v) is 9.07. The highest BCUT2D eigenvalue weighted by molar-refractivity contribution is 9.10. The molecule has 0 aliphatic heterocycles. The van der Waals surface area contributed by atoms with Gasteiger partial charge >= 0.3 is 0 Å². The van der Waals surface area contributed by atoms with Crippen molar-refractivity contribution < 1.29 is 4.79 Å². The van der Waals surface area contributed by atoms with Crippen LogP contribution >= 0.6 is 15.9 Å². The van der Waals surface area contributed by atoms with Gasteiger partial charge in [-0.1, -0.05) is 52.4 Å². The Kier molecular flexibility index (Phi) is 2.64. The van der Waals surface area contributed by atoms with Gasteiger partial charge in [0.05, 0.1) is 5.92 Å². The summed E-state index contributed by atoms with van der Waals surface area (Å²) in [5, 5.41) is 0. The SMILES string of the molecule is O=C(c1ccc(Br)cc1)C1C=CC=C1. The van der Waals surface area contributed by atoms with Crippen molar-refractivity contribution in [2.75, 3.05) is 0 Å². The second-order valence-electron chi connectivity index (χ2n) is 3.17. The number of rotatable bonds is 2. The van der Waals surface area contributed by atoms with Gasteiger partial charge in [0.15, 0.2) is 5.78 Å². The highest BCUT2D eigenvalue weighted by atomic mass is 79.9. The molecule has 2 rings (SSSR count). The van der Waals surface area contributed by atoms with E-state index in [0.29, 0.717) is 0 Å².